The second-order valence-corrected chi connectivity index (χ2v) is 2.14. The molecule has 1 aliphatic rings. The fourth-order valence-corrected chi connectivity index (χ4v) is 0.569. The van der Waals surface area contributed by atoms with Gasteiger partial charge >= 0.3 is 18.9 Å². The van der Waals surface area contributed by atoms with Crippen LogP contribution in [-0.4, -0.2) is 12.6 Å². The molecule has 0 aliphatic heterocycles. The molecule has 1 fully saturated rings. The molecule has 0 aromatic heterocycles. The zero-order valence-corrected chi connectivity index (χ0v) is 5.85. The maximum absolute atomic E-state index is 4.35. The van der Waals surface area contributed by atoms with E-state index in [-0.39, 0.29) is 18.9 Å². The first-order valence-corrected chi connectivity index (χ1v) is 3.10. The first kappa shape index (κ1) is 8.56. The second-order valence-electron chi connectivity index (χ2n) is 2.14. The summed E-state index contributed by atoms with van der Waals surface area (Å²) in [6.07, 6.45) is 3.94. The monoisotopic (exact) mass is 105 g/mol. The van der Waals surface area contributed by atoms with E-state index in [0.29, 0.717) is 0 Å². The van der Waals surface area contributed by atoms with E-state index in [9.17, 15) is 0 Å². The van der Waals surface area contributed by atoms with Gasteiger partial charge in [-0.05, 0) is 0 Å². The molecule has 1 rings (SSSR count). The Morgan fingerprint density at radius 3 is 2.50 bits per heavy atom. The Balaban J connectivity index is 0.000000490. The van der Waals surface area contributed by atoms with Crippen LogP contribution >= 0.6 is 0 Å². The molecule has 0 amide bonds. The van der Waals surface area contributed by atoms with E-state index in [0.717, 1.165) is 12.6 Å². The Kier molecular flexibility index (Phi) is 4.75. The van der Waals surface area contributed by atoms with E-state index in [4.69, 9.17) is 0 Å². The van der Waals surface area contributed by atoms with Gasteiger partial charge in [0.05, 0.1) is 0 Å². The van der Waals surface area contributed by atoms with Crippen LogP contribution in [0.2, 0.25) is 0 Å². The Morgan fingerprint density at radius 1 is 1.50 bits per heavy atom. The Hall–Kier alpha value is 0.557. The maximum atomic E-state index is 4.35. The van der Waals surface area contributed by atoms with Gasteiger partial charge in [0.25, 0.3) is 0 Å². The molecule has 8 heavy (non-hydrogen) atoms. The third-order valence-electron chi connectivity index (χ3n) is 1.16. The Morgan fingerprint density at radius 2 is 2.12 bits per heavy atom. The van der Waals surface area contributed by atoms with Gasteiger partial charge in [0.15, 0.2) is 0 Å². The molecule has 0 aromatic carbocycles. The number of hydrogen-bond donors (Lipinski definition) is 0. The molecular weight excluding hydrogens is 93.0 g/mol. The molecule has 1 saturated carbocycles. The minimum absolute atomic E-state index is 0. The third kappa shape index (κ3) is 3.55. The van der Waals surface area contributed by atoms with Crippen LogP contribution in [0.4, 0.5) is 0 Å². The zero-order chi connectivity index (χ0) is 5.11. The van der Waals surface area contributed by atoms with Crippen molar-refractivity contribution in [2.24, 2.45) is 0 Å². The van der Waals surface area contributed by atoms with Gasteiger partial charge in [-0.2, -0.15) is 0 Å². The molecule has 0 radical (unpaired) electrons. The fourth-order valence-electron chi connectivity index (χ4n) is 0.569. The van der Waals surface area contributed by atoms with E-state index >= 15 is 0 Å². The van der Waals surface area contributed by atoms with Crippen LogP contribution in [0.25, 0.3) is 5.32 Å². The smallest absolute Gasteiger partial charge is 0.660 e. The first-order chi connectivity index (χ1) is 3.43. The fraction of sp³-hybridized carbons (Fsp3) is 1.00. The van der Waals surface area contributed by atoms with Crippen molar-refractivity contribution >= 4 is 0 Å². The molecule has 0 saturated heterocycles. The van der Waals surface area contributed by atoms with Gasteiger partial charge in [0, 0.05) is 0 Å². The van der Waals surface area contributed by atoms with Gasteiger partial charge in [-0.1, -0.05) is 26.2 Å². The number of hydrogen-bond acceptors (Lipinski definition) is 0. The molecular formula is C6H12LiN. The summed E-state index contributed by atoms with van der Waals surface area (Å²) in [6.45, 7) is 3.26. The molecule has 0 aromatic rings. The summed E-state index contributed by atoms with van der Waals surface area (Å²) in [6, 6.07) is 0.778. The quantitative estimate of drug-likeness (QED) is 0.406. The molecule has 0 atom stereocenters. The van der Waals surface area contributed by atoms with Crippen LogP contribution in [0.1, 0.15) is 26.2 Å². The molecule has 0 N–H and O–H groups in total. The van der Waals surface area contributed by atoms with Gasteiger partial charge in [-0.3, -0.25) is 0 Å². The Bertz CT molecular complexity index is 52.5. The number of rotatable bonds is 3. The predicted molar refractivity (Wildman–Crippen MR) is 31.5 cm³/mol. The SMILES string of the molecule is CCC[N-]C1CC1.[Li+]. The van der Waals surface area contributed by atoms with E-state index in [1.165, 1.54) is 19.3 Å². The topological polar surface area (TPSA) is 14.1 Å². The molecule has 0 unspecified atom stereocenters. The van der Waals surface area contributed by atoms with Gasteiger partial charge in [0.1, 0.15) is 0 Å². The molecule has 0 bridgehead atoms. The molecule has 0 heterocycles. The molecule has 0 spiro atoms. The average Bonchev–Trinajstić information content (AvgIpc) is 2.42. The van der Waals surface area contributed by atoms with E-state index < -0.39 is 0 Å². The minimum Gasteiger partial charge on any atom is -0.660 e. The first-order valence-electron chi connectivity index (χ1n) is 3.10. The van der Waals surface area contributed by atoms with Crippen LogP contribution in [0.5, 0.6) is 0 Å². The van der Waals surface area contributed by atoms with Crippen molar-refractivity contribution in [3.8, 4) is 0 Å². The second kappa shape index (κ2) is 4.44. The van der Waals surface area contributed by atoms with Crippen LogP contribution < -0.4 is 18.9 Å². The molecule has 1 aliphatic carbocycles. The van der Waals surface area contributed by atoms with Crippen LogP contribution in [-0.2, 0) is 0 Å². The standard InChI is InChI=1S/C6H12N.Li/c1-2-5-7-6-3-4-6;/h6H,2-5H2,1H3;/q-1;+1. The third-order valence-corrected chi connectivity index (χ3v) is 1.16. The summed E-state index contributed by atoms with van der Waals surface area (Å²) in [7, 11) is 0. The van der Waals surface area contributed by atoms with Crippen molar-refractivity contribution in [3.05, 3.63) is 5.32 Å². The predicted octanol–water partition coefficient (Wildman–Crippen LogP) is -1.06. The number of nitrogens with zero attached hydrogens (tertiary/aromatic N) is 1. The molecule has 1 nitrogen and oxygen atoms in total. The van der Waals surface area contributed by atoms with Gasteiger partial charge in [-0.15, -0.1) is 12.6 Å². The van der Waals surface area contributed by atoms with Crippen molar-refractivity contribution in [2.45, 2.75) is 32.2 Å². The molecule has 2 heteroatoms. The van der Waals surface area contributed by atoms with E-state index in [1.807, 2.05) is 0 Å². The normalized spacial score (nSPS) is 17.6. The largest absolute Gasteiger partial charge is 1.00 e. The summed E-state index contributed by atoms with van der Waals surface area (Å²) in [5.74, 6) is 0. The van der Waals surface area contributed by atoms with Gasteiger partial charge < -0.3 is 5.32 Å². The van der Waals surface area contributed by atoms with Gasteiger partial charge in [0.2, 0.25) is 0 Å². The Labute approximate surface area is 63.4 Å². The van der Waals surface area contributed by atoms with Crippen LogP contribution in [0, 0.1) is 0 Å². The van der Waals surface area contributed by atoms with Crippen LogP contribution in [0.15, 0.2) is 0 Å². The van der Waals surface area contributed by atoms with Crippen molar-refractivity contribution in [2.75, 3.05) is 6.54 Å². The van der Waals surface area contributed by atoms with Crippen molar-refractivity contribution in [1.82, 2.24) is 0 Å². The zero-order valence-electron chi connectivity index (χ0n) is 5.85. The summed E-state index contributed by atoms with van der Waals surface area (Å²) >= 11 is 0. The summed E-state index contributed by atoms with van der Waals surface area (Å²) < 4.78 is 0. The van der Waals surface area contributed by atoms with Crippen molar-refractivity contribution in [3.63, 3.8) is 0 Å². The van der Waals surface area contributed by atoms with Crippen molar-refractivity contribution in [1.29, 1.82) is 0 Å². The minimum atomic E-state index is 0. The summed E-state index contributed by atoms with van der Waals surface area (Å²) in [4.78, 5) is 0. The molecule has 42 valence electrons. The van der Waals surface area contributed by atoms with E-state index in [1.54, 1.807) is 0 Å². The van der Waals surface area contributed by atoms with Gasteiger partial charge in [-0.25, -0.2) is 0 Å². The van der Waals surface area contributed by atoms with E-state index in [2.05, 4.69) is 12.2 Å². The maximum Gasteiger partial charge on any atom is 1.00 e. The van der Waals surface area contributed by atoms with Crippen molar-refractivity contribution < 1.29 is 18.9 Å². The van der Waals surface area contributed by atoms with Crippen LogP contribution in [0.3, 0.4) is 0 Å². The average molecular weight is 105 g/mol. The summed E-state index contributed by atoms with van der Waals surface area (Å²) in [5.41, 5.74) is 0. The summed E-state index contributed by atoms with van der Waals surface area (Å²) in [5, 5.41) is 4.35.